The van der Waals surface area contributed by atoms with Crippen LogP contribution in [0.4, 0.5) is 0 Å². The van der Waals surface area contributed by atoms with E-state index in [0.29, 0.717) is 11.0 Å². The Labute approximate surface area is 126 Å². The molecule has 0 radical (unpaired) electrons. The first-order valence-electron chi connectivity index (χ1n) is 7.93. The standard InChI is InChI=1S/C16H34N2S/c1-6-8-16(14-19,9-7-2)13-18-11-10-17(5)15(3,4)12-18/h19H,6-14H2,1-5H3. The lowest BCUT2D eigenvalue weighted by atomic mass is 9.80. The minimum absolute atomic E-state index is 0.305. The maximum atomic E-state index is 4.69. The first-order valence-corrected chi connectivity index (χ1v) is 8.57. The van der Waals surface area contributed by atoms with Crippen LogP contribution in [-0.2, 0) is 0 Å². The van der Waals surface area contributed by atoms with Gasteiger partial charge in [-0.2, -0.15) is 12.6 Å². The first-order chi connectivity index (χ1) is 8.89. The Bertz CT molecular complexity index is 259. The van der Waals surface area contributed by atoms with Gasteiger partial charge in [-0.05, 0) is 44.9 Å². The maximum Gasteiger partial charge on any atom is 0.0277 e. The summed E-state index contributed by atoms with van der Waals surface area (Å²) in [6.45, 7) is 14.2. The lowest BCUT2D eigenvalue weighted by Crippen LogP contribution is -2.59. The minimum atomic E-state index is 0.305. The average molecular weight is 287 g/mol. The molecular weight excluding hydrogens is 252 g/mol. The molecule has 0 N–H and O–H groups in total. The summed E-state index contributed by atoms with van der Waals surface area (Å²) in [5.41, 5.74) is 0.734. The molecule has 1 aliphatic heterocycles. The van der Waals surface area contributed by atoms with Crippen LogP contribution in [0.25, 0.3) is 0 Å². The number of hydrogen-bond donors (Lipinski definition) is 1. The molecule has 1 aliphatic rings. The normalized spacial score (nSPS) is 21.8. The number of hydrogen-bond acceptors (Lipinski definition) is 3. The topological polar surface area (TPSA) is 6.48 Å². The molecule has 1 rings (SSSR count). The molecule has 0 aliphatic carbocycles. The van der Waals surface area contributed by atoms with Crippen molar-refractivity contribution in [2.24, 2.45) is 5.41 Å². The summed E-state index contributed by atoms with van der Waals surface area (Å²) in [4.78, 5) is 5.17. The molecule has 0 amide bonds. The van der Waals surface area contributed by atoms with Gasteiger partial charge >= 0.3 is 0 Å². The van der Waals surface area contributed by atoms with E-state index >= 15 is 0 Å². The highest BCUT2D eigenvalue weighted by Gasteiger charge is 2.35. The van der Waals surface area contributed by atoms with Crippen LogP contribution < -0.4 is 0 Å². The van der Waals surface area contributed by atoms with Crippen LogP contribution in [-0.4, -0.2) is 54.3 Å². The van der Waals surface area contributed by atoms with Gasteiger partial charge in [-0.15, -0.1) is 0 Å². The third kappa shape index (κ3) is 4.64. The van der Waals surface area contributed by atoms with Crippen LogP contribution in [0, 0.1) is 5.41 Å². The van der Waals surface area contributed by atoms with Crippen LogP contribution >= 0.6 is 12.6 Å². The van der Waals surface area contributed by atoms with Crippen LogP contribution in [0.5, 0.6) is 0 Å². The molecule has 114 valence electrons. The van der Waals surface area contributed by atoms with Crippen molar-refractivity contribution in [1.29, 1.82) is 0 Å². The smallest absolute Gasteiger partial charge is 0.0277 e. The molecule has 3 heteroatoms. The Balaban J connectivity index is 2.68. The molecule has 0 spiro atoms. The fourth-order valence-electron chi connectivity index (χ4n) is 3.50. The van der Waals surface area contributed by atoms with E-state index in [1.165, 1.54) is 51.9 Å². The molecule has 0 atom stereocenters. The number of thiol groups is 1. The highest BCUT2D eigenvalue weighted by Crippen LogP contribution is 2.33. The molecule has 1 fully saturated rings. The minimum Gasteiger partial charge on any atom is -0.300 e. The molecule has 0 unspecified atom stereocenters. The van der Waals surface area contributed by atoms with Crippen molar-refractivity contribution in [1.82, 2.24) is 9.80 Å². The molecule has 0 aromatic carbocycles. The Morgan fingerprint density at radius 3 is 2.11 bits per heavy atom. The number of piperazine rings is 1. The Morgan fingerprint density at radius 1 is 1.11 bits per heavy atom. The van der Waals surface area contributed by atoms with E-state index in [9.17, 15) is 0 Å². The van der Waals surface area contributed by atoms with E-state index in [2.05, 4.69) is 44.5 Å². The Morgan fingerprint density at radius 2 is 1.68 bits per heavy atom. The maximum absolute atomic E-state index is 4.69. The summed E-state index contributed by atoms with van der Waals surface area (Å²) in [6.07, 6.45) is 5.18. The van der Waals surface area contributed by atoms with Crippen molar-refractivity contribution in [3.8, 4) is 0 Å². The van der Waals surface area contributed by atoms with Crippen molar-refractivity contribution in [3.05, 3.63) is 0 Å². The van der Waals surface area contributed by atoms with E-state index in [4.69, 9.17) is 12.6 Å². The molecule has 2 nitrogen and oxygen atoms in total. The highest BCUT2D eigenvalue weighted by molar-refractivity contribution is 7.80. The van der Waals surface area contributed by atoms with Crippen LogP contribution in [0.2, 0.25) is 0 Å². The average Bonchev–Trinajstić information content (AvgIpc) is 2.34. The summed E-state index contributed by atoms with van der Waals surface area (Å²) in [6, 6.07) is 0. The van der Waals surface area contributed by atoms with E-state index < -0.39 is 0 Å². The van der Waals surface area contributed by atoms with Crippen LogP contribution in [0.3, 0.4) is 0 Å². The molecule has 0 bridgehead atoms. The molecular formula is C16H34N2S. The SMILES string of the molecule is CCCC(CS)(CCC)CN1CCN(C)C(C)(C)C1. The van der Waals surface area contributed by atoms with Gasteiger partial charge in [0, 0.05) is 31.7 Å². The quantitative estimate of drug-likeness (QED) is 0.715. The van der Waals surface area contributed by atoms with Crippen molar-refractivity contribution >= 4 is 12.6 Å². The third-order valence-electron chi connectivity index (χ3n) is 4.85. The van der Waals surface area contributed by atoms with Crippen molar-refractivity contribution in [2.75, 3.05) is 39.0 Å². The largest absolute Gasteiger partial charge is 0.300 e. The highest BCUT2D eigenvalue weighted by atomic mass is 32.1. The van der Waals surface area contributed by atoms with Gasteiger partial charge in [0.05, 0.1) is 0 Å². The van der Waals surface area contributed by atoms with Crippen molar-refractivity contribution in [2.45, 2.75) is 58.9 Å². The zero-order valence-corrected chi connectivity index (χ0v) is 14.6. The summed E-state index contributed by atoms with van der Waals surface area (Å²) in [7, 11) is 2.25. The zero-order valence-electron chi connectivity index (χ0n) is 13.7. The lowest BCUT2D eigenvalue weighted by Gasteiger charge is -2.48. The predicted octanol–water partition coefficient (Wildman–Crippen LogP) is 3.53. The number of rotatable bonds is 7. The van der Waals surface area contributed by atoms with Gasteiger partial charge in [0.25, 0.3) is 0 Å². The van der Waals surface area contributed by atoms with Crippen molar-refractivity contribution in [3.63, 3.8) is 0 Å². The first kappa shape index (κ1) is 17.3. The molecule has 0 saturated carbocycles. The van der Waals surface area contributed by atoms with Crippen LogP contribution in [0.1, 0.15) is 53.4 Å². The fraction of sp³-hybridized carbons (Fsp3) is 1.00. The summed E-state index contributed by atoms with van der Waals surface area (Å²) in [5, 5.41) is 0. The Hall–Kier alpha value is 0.270. The molecule has 1 heterocycles. The van der Waals surface area contributed by atoms with E-state index in [1.54, 1.807) is 0 Å². The van der Waals surface area contributed by atoms with Gasteiger partial charge in [-0.1, -0.05) is 26.7 Å². The second-order valence-electron chi connectivity index (χ2n) is 7.10. The van der Waals surface area contributed by atoms with E-state index in [1.807, 2.05) is 0 Å². The fourth-order valence-corrected chi connectivity index (χ4v) is 3.92. The van der Waals surface area contributed by atoms with Crippen LogP contribution in [0.15, 0.2) is 0 Å². The summed E-state index contributed by atoms with van der Waals surface area (Å²) < 4.78 is 0. The summed E-state index contributed by atoms with van der Waals surface area (Å²) >= 11 is 4.69. The molecule has 1 saturated heterocycles. The van der Waals surface area contributed by atoms with Gasteiger partial charge in [0.15, 0.2) is 0 Å². The van der Waals surface area contributed by atoms with Gasteiger partial charge in [0.2, 0.25) is 0 Å². The van der Waals surface area contributed by atoms with Gasteiger partial charge in [-0.3, -0.25) is 9.80 Å². The van der Waals surface area contributed by atoms with Gasteiger partial charge < -0.3 is 0 Å². The number of likely N-dealkylation sites (N-methyl/N-ethyl adjacent to an activating group) is 1. The van der Waals surface area contributed by atoms with E-state index in [-0.39, 0.29) is 0 Å². The third-order valence-corrected chi connectivity index (χ3v) is 5.52. The second-order valence-corrected chi connectivity index (χ2v) is 7.42. The predicted molar refractivity (Wildman–Crippen MR) is 89.3 cm³/mol. The lowest BCUT2D eigenvalue weighted by molar-refractivity contribution is 0.0162. The van der Waals surface area contributed by atoms with Crippen molar-refractivity contribution < 1.29 is 0 Å². The molecule has 0 aromatic rings. The van der Waals surface area contributed by atoms with E-state index in [0.717, 1.165) is 5.75 Å². The van der Waals surface area contributed by atoms with Gasteiger partial charge in [0.1, 0.15) is 0 Å². The van der Waals surface area contributed by atoms with Gasteiger partial charge in [-0.25, -0.2) is 0 Å². The second kappa shape index (κ2) is 7.33. The Kier molecular flexibility index (Phi) is 6.68. The monoisotopic (exact) mass is 286 g/mol. The summed E-state index contributed by atoms with van der Waals surface area (Å²) in [5.74, 6) is 1.03. The number of nitrogens with zero attached hydrogens (tertiary/aromatic N) is 2. The molecule has 0 aromatic heterocycles. The molecule has 19 heavy (non-hydrogen) atoms. The zero-order chi connectivity index (χ0) is 14.5.